The number of amides is 1. The van der Waals surface area contributed by atoms with E-state index >= 15 is 0 Å². The number of rotatable bonds is 10. The molecule has 0 bridgehead atoms. The number of benzene rings is 2. The molecule has 13 nitrogen and oxygen atoms in total. The van der Waals surface area contributed by atoms with E-state index in [1.807, 2.05) is 42.7 Å². The molecule has 0 aliphatic carbocycles. The Hall–Kier alpha value is -4.14. The Morgan fingerprint density at radius 1 is 0.878 bits per heavy atom. The number of aromatic nitrogens is 4. The number of carbonyl (C=O) groups is 1. The van der Waals surface area contributed by atoms with Gasteiger partial charge in [0.05, 0.1) is 6.33 Å². The lowest BCUT2D eigenvalue weighted by atomic mass is 10.1. The largest absolute Gasteiger partial charge is 0.447 e. The lowest BCUT2D eigenvalue weighted by Crippen LogP contribution is -2.40. The van der Waals surface area contributed by atoms with E-state index in [0.717, 1.165) is 52.1 Å². The Morgan fingerprint density at radius 2 is 1.53 bits per heavy atom. The van der Waals surface area contributed by atoms with Crippen LogP contribution < -0.4 is 10.6 Å². The molecule has 0 saturated carbocycles. The van der Waals surface area contributed by atoms with Gasteiger partial charge in [-0.15, -0.1) is 0 Å². The van der Waals surface area contributed by atoms with E-state index in [-0.39, 0.29) is 18.7 Å². The molecule has 0 radical (unpaired) electrons. The fourth-order valence-corrected chi connectivity index (χ4v) is 7.59. The summed E-state index contributed by atoms with van der Waals surface area (Å²) in [4.78, 5) is 31.6. The molecule has 4 fully saturated rings. The van der Waals surface area contributed by atoms with E-state index in [1.165, 1.54) is 11.1 Å². The summed E-state index contributed by atoms with van der Waals surface area (Å²) in [5.74, 6) is -0.129. The molecule has 0 spiro atoms. The molecule has 1 amide bonds. The van der Waals surface area contributed by atoms with Gasteiger partial charge in [-0.2, -0.15) is 0 Å². The van der Waals surface area contributed by atoms with Crippen LogP contribution in [-0.4, -0.2) is 104 Å². The molecule has 0 unspecified atom stereocenters. The fourth-order valence-electron chi connectivity index (χ4n) is 7.59. The van der Waals surface area contributed by atoms with E-state index in [4.69, 9.17) is 23.9 Å². The number of carbonyl (C=O) groups excluding carboxylic acids is 1. The number of ether oxygens (including phenoxy) is 4. The third kappa shape index (κ3) is 7.12. The molecule has 49 heavy (non-hydrogen) atoms. The van der Waals surface area contributed by atoms with Gasteiger partial charge in [-0.1, -0.05) is 60.7 Å². The third-order valence-electron chi connectivity index (χ3n) is 9.84. The number of likely N-dealkylation sites (tertiary alicyclic amines) is 2. The number of imidazole rings is 1. The highest BCUT2D eigenvalue weighted by molar-refractivity contribution is 5.83. The first-order chi connectivity index (χ1) is 23.9. The van der Waals surface area contributed by atoms with E-state index in [2.05, 4.69) is 66.8 Å². The minimum atomic E-state index is -0.823. The van der Waals surface area contributed by atoms with Crippen molar-refractivity contribution in [3.63, 3.8) is 0 Å². The van der Waals surface area contributed by atoms with Crippen molar-refractivity contribution in [3.05, 3.63) is 84.4 Å². The Balaban J connectivity index is 0.895. The molecule has 13 heteroatoms. The molecule has 258 valence electrons. The van der Waals surface area contributed by atoms with Crippen molar-refractivity contribution in [3.8, 4) is 0 Å². The number of fused-ring (bicyclic) bond motifs is 2. The predicted octanol–water partition coefficient (Wildman–Crippen LogP) is 3.93. The monoisotopic (exact) mass is 668 g/mol. The van der Waals surface area contributed by atoms with Crippen molar-refractivity contribution in [2.24, 2.45) is 0 Å². The minimum Gasteiger partial charge on any atom is -0.447 e. The van der Waals surface area contributed by atoms with Crippen LogP contribution in [0.15, 0.2) is 73.3 Å². The third-order valence-corrected chi connectivity index (χ3v) is 9.84. The number of nitrogens with one attached hydrogen (secondary N) is 2. The highest BCUT2D eigenvalue weighted by atomic mass is 16.8. The minimum absolute atomic E-state index is 0.0268. The smallest absolute Gasteiger partial charge is 0.407 e. The van der Waals surface area contributed by atoms with Gasteiger partial charge in [0.25, 0.3) is 0 Å². The van der Waals surface area contributed by atoms with Gasteiger partial charge in [0.2, 0.25) is 0 Å². The molecule has 4 aliphatic rings. The number of hydrogen-bond acceptors (Lipinski definition) is 11. The van der Waals surface area contributed by atoms with Crippen LogP contribution in [0.5, 0.6) is 0 Å². The predicted molar refractivity (Wildman–Crippen MR) is 181 cm³/mol. The Morgan fingerprint density at radius 3 is 2.24 bits per heavy atom. The summed E-state index contributed by atoms with van der Waals surface area (Å²) in [6, 6.07) is 21.2. The van der Waals surface area contributed by atoms with Crippen LogP contribution in [0.3, 0.4) is 0 Å². The van der Waals surface area contributed by atoms with E-state index < -0.39 is 36.4 Å². The number of alkyl carbamates (subject to hydrolysis) is 1. The molecular weight excluding hydrogens is 624 g/mol. The van der Waals surface area contributed by atoms with Gasteiger partial charge in [0, 0.05) is 51.4 Å². The highest BCUT2D eigenvalue weighted by Crippen LogP contribution is 2.44. The quantitative estimate of drug-likeness (QED) is 0.255. The first-order valence-corrected chi connectivity index (χ1v) is 17.3. The molecule has 2 N–H and O–H groups in total. The molecule has 8 rings (SSSR count). The van der Waals surface area contributed by atoms with Crippen LogP contribution in [0.2, 0.25) is 0 Å². The topological polar surface area (TPSA) is 128 Å². The molecular formula is C36H44N8O5. The molecule has 4 aliphatic heterocycles. The van der Waals surface area contributed by atoms with E-state index in [0.29, 0.717) is 17.0 Å². The highest BCUT2D eigenvalue weighted by Gasteiger charge is 2.56. The zero-order valence-corrected chi connectivity index (χ0v) is 28.0. The standard InChI is InChI=1S/C36H44N8O5/c1-36(2)48-30-28(21-46-35(45)41-27-14-16-43(20-27)18-25-11-7-4-8-12-25)47-34(31(30)49-36)44-23-39-29-32(37-22-38-33(29)44)40-26-13-15-42(19-26)17-24-9-5-3-6-10-24/h3-12,22-23,26-28,30-31,34H,13-21H2,1-2H3,(H,41,45)(H,37,38,40)/t26-,27-,28-,30-,31-,34-/m1/s1. The zero-order valence-electron chi connectivity index (χ0n) is 28.0. The lowest BCUT2D eigenvalue weighted by molar-refractivity contribution is -0.199. The van der Waals surface area contributed by atoms with Crippen LogP contribution in [0, 0.1) is 0 Å². The van der Waals surface area contributed by atoms with Crippen molar-refractivity contribution < 1.29 is 23.7 Å². The summed E-state index contributed by atoms with van der Waals surface area (Å²) in [5.41, 5.74) is 3.87. The van der Waals surface area contributed by atoms with Crippen molar-refractivity contribution >= 4 is 23.1 Å². The molecule has 2 aromatic heterocycles. The lowest BCUT2D eigenvalue weighted by Gasteiger charge is -2.25. The van der Waals surface area contributed by atoms with Gasteiger partial charge in [-0.3, -0.25) is 14.4 Å². The second-order valence-electron chi connectivity index (χ2n) is 14.0. The summed E-state index contributed by atoms with van der Waals surface area (Å²) in [7, 11) is 0. The SMILES string of the molecule is CC1(C)O[C@@H]2[C@H](O1)[C@@H](COC(=O)N[C@@H]1CCN(Cc3ccccc3)C1)O[C@H]2n1cnc2c(N[C@@H]3CCN(Cc4ccccc4)C3)ncnc21. The molecule has 6 atom stereocenters. The van der Waals surface area contributed by atoms with Crippen LogP contribution in [0.4, 0.5) is 10.6 Å². The molecule has 6 heterocycles. The second-order valence-corrected chi connectivity index (χ2v) is 14.0. The first kappa shape index (κ1) is 32.1. The summed E-state index contributed by atoms with van der Waals surface area (Å²) >= 11 is 0. The van der Waals surface area contributed by atoms with Crippen molar-refractivity contribution in [2.45, 2.75) is 82.2 Å². The van der Waals surface area contributed by atoms with Crippen LogP contribution in [0.25, 0.3) is 11.2 Å². The normalized spacial score (nSPS) is 28.2. The van der Waals surface area contributed by atoms with Crippen molar-refractivity contribution in [2.75, 3.05) is 38.1 Å². The number of anilines is 1. The van der Waals surface area contributed by atoms with Gasteiger partial charge in [-0.25, -0.2) is 19.7 Å². The first-order valence-electron chi connectivity index (χ1n) is 17.3. The Kier molecular flexibility index (Phi) is 8.93. The average molecular weight is 669 g/mol. The van der Waals surface area contributed by atoms with Gasteiger partial charge < -0.3 is 29.6 Å². The van der Waals surface area contributed by atoms with Crippen molar-refractivity contribution in [1.82, 2.24) is 34.6 Å². The summed E-state index contributed by atoms with van der Waals surface area (Å²) in [6.07, 6.45) is 2.70. The summed E-state index contributed by atoms with van der Waals surface area (Å²) in [5, 5.41) is 6.65. The van der Waals surface area contributed by atoms with Gasteiger partial charge >= 0.3 is 6.09 Å². The Labute approximate surface area is 285 Å². The molecule has 2 aromatic carbocycles. The van der Waals surface area contributed by atoms with E-state index in [1.54, 1.807) is 12.7 Å². The second kappa shape index (κ2) is 13.6. The number of nitrogens with zero attached hydrogens (tertiary/aromatic N) is 6. The maximum atomic E-state index is 12.9. The molecule has 4 aromatic rings. The van der Waals surface area contributed by atoms with Crippen molar-refractivity contribution in [1.29, 1.82) is 0 Å². The van der Waals surface area contributed by atoms with Gasteiger partial charge in [0.1, 0.15) is 31.2 Å². The van der Waals surface area contributed by atoms with Gasteiger partial charge in [0.15, 0.2) is 29.0 Å². The maximum absolute atomic E-state index is 12.9. The maximum Gasteiger partial charge on any atom is 0.407 e. The van der Waals surface area contributed by atoms with Crippen LogP contribution in [0.1, 0.15) is 44.0 Å². The fraction of sp³-hybridized carbons (Fsp3) is 0.500. The average Bonchev–Trinajstić information content (AvgIpc) is 3.92. The molecule has 4 saturated heterocycles. The summed E-state index contributed by atoms with van der Waals surface area (Å²) in [6.45, 7) is 9.20. The Bertz CT molecular complexity index is 1740. The zero-order chi connectivity index (χ0) is 33.4. The van der Waals surface area contributed by atoms with Crippen LogP contribution in [-0.2, 0) is 32.0 Å². The van der Waals surface area contributed by atoms with E-state index in [9.17, 15) is 4.79 Å². The number of hydrogen-bond donors (Lipinski definition) is 2. The van der Waals surface area contributed by atoms with Crippen LogP contribution >= 0.6 is 0 Å². The van der Waals surface area contributed by atoms with Gasteiger partial charge in [-0.05, 0) is 37.8 Å². The summed E-state index contributed by atoms with van der Waals surface area (Å²) < 4.78 is 26.7.